The lowest BCUT2D eigenvalue weighted by molar-refractivity contribution is -0.122. The molecule has 2 aliphatic rings. The summed E-state index contributed by atoms with van der Waals surface area (Å²) in [5.41, 5.74) is 1.24. The SMILES string of the molecule is O=C(O)c1cccc(CCNC(=O)[C@H]2C[C@H]2C2CC2)c1. The Morgan fingerprint density at radius 3 is 2.80 bits per heavy atom. The van der Waals surface area contributed by atoms with E-state index in [1.54, 1.807) is 18.2 Å². The lowest BCUT2D eigenvalue weighted by Crippen LogP contribution is -2.27. The van der Waals surface area contributed by atoms with Gasteiger partial charge in [0.05, 0.1) is 5.56 Å². The van der Waals surface area contributed by atoms with Crippen molar-refractivity contribution in [2.75, 3.05) is 6.54 Å². The van der Waals surface area contributed by atoms with Crippen LogP contribution in [0.4, 0.5) is 0 Å². The van der Waals surface area contributed by atoms with Crippen molar-refractivity contribution in [1.82, 2.24) is 5.32 Å². The van der Waals surface area contributed by atoms with Gasteiger partial charge in [0.2, 0.25) is 5.91 Å². The number of carbonyl (C=O) groups excluding carboxylic acids is 1. The van der Waals surface area contributed by atoms with Crippen LogP contribution in [0.1, 0.15) is 35.2 Å². The van der Waals surface area contributed by atoms with E-state index in [9.17, 15) is 9.59 Å². The number of hydrogen-bond acceptors (Lipinski definition) is 2. The van der Waals surface area contributed by atoms with Gasteiger partial charge in [0.15, 0.2) is 0 Å². The molecule has 4 nitrogen and oxygen atoms in total. The Morgan fingerprint density at radius 1 is 1.30 bits per heavy atom. The first-order chi connectivity index (χ1) is 9.65. The number of aromatic carboxylic acids is 1. The second kappa shape index (κ2) is 5.27. The van der Waals surface area contributed by atoms with Gasteiger partial charge in [0.25, 0.3) is 0 Å². The fraction of sp³-hybridized carbons (Fsp3) is 0.500. The van der Waals surface area contributed by atoms with E-state index in [2.05, 4.69) is 5.32 Å². The van der Waals surface area contributed by atoms with Crippen LogP contribution in [0.25, 0.3) is 0 Å². The van der Waals surface area contributed by atoms with E-state index < -0.39 is 5.97 Å². The summed E-state index contributed by atoms with van der Waals surface area (Å²) >= 11 is 0. The Hall–Kier alpha value is -1.84. The highest BCUT2D eigenvalue weighted by atomic mass is 16.4. The predicted molar refractivity (Wildman–Crippen MR) is 74.4 cm³/mol. The second-order valence-electron chi connectivity index (χ2n) is 5.89. The average molecular weight is 273 g/mol. The Labute approximate surface area is 118 Å². The third-order valence-electron chi connectivity index (χ3n) is 4.29. The molecule has 4 heteroatoms. The third-order valence-corrected chi connectivity index (χ3v) is 4.29. The zero-order chi connectivity index (χ0) is 14.1. The van der Waals surface area contributed by atoms with Crippen LogP contribution in [0.2, 0.25) is 0 Å². The predicted octanol–water partition coefficient (Wildman–Crippen LogP) is 2.09. The zero-order valence-corrected chi connectivity index (χ0v) is 11.3. The molecule has 2 aliphatic carbocycles. The van der Waals surface area contributed by atoms with E-state index in [1.165, 1.54) is 12.8 Å². The van der Waals surface area contributed by atoms with Gasteiger partial charge in [-0.2, -0.15) is 0 Å². The molecule has 20 heavy (non-hydrogen) atoms. The van der Waals surface area contributed by atoms with Gasteiger partial charge in [-0.3, -0.25) is 4.79 Å². The van der Waals surface area contributed by atoms with E-state index in [1.807, 2.05) is 6.07 Å². The van der Waals surface area contributed by atoms with Gasteiger partial charge in [-0.1, -0.05) is 12.1 Å². The molecule has 0 saturated heterocycles. The maximum absolute atomic E-state index is 11.9. The van der Waals surface area contributed by atoms with E-state index in [0.29, 0.717) is 24.4 Å². The fourth-order valence-electron chi connectivity index (χ4n) is 2.88. The normalized spacial score (nSPS) is 24.2. The highest BCUT2D eigenvalue weighted by Gasteiger charge is 2.50. The molecule has 2 saturated carbocycles. The topological polar surface area (TPSA) is 66.4 Å². The van der Waals surface area contributed by atoms with Gasteiger partial charge in [0.1, 0.15) is 0 Å². The summed E-state index contributed by atoms with van der Waals surface area (Å²) in [5, 5.41) is 11.9. The van der Waals surface area contributed by atoms with Crippen LogP contribution >= 0.6 is 0 Å². The van der Waals surface area contributed by atoms with Crippen molar-refractivity contribution in [3.8, 4) is 0 Å². The van der Waals surface area contributed by atoms with Gasteiger partial charge >= 0.3 is 5.97 Å². The average Bonchev–Trinajstić information content (AvgIpc) is 3.28. The first-order valence-electron chi connectivity index (χ1n) is 7.25. The molecule has 0 heterocycles. The molecule has 1 amide bonds. The lowest BCUT2D eigenvalue weighted by atomic mass is 10.1. The molecule has 0 bridgehead atoms. The van der Waals surface area contributed by atoms with E-state index in [0.717, 1.165) is 17.9 Å². The summed E-state index contributed by atoms with van der Waals surface area (Å²) < 4.78 is 0. The number of benzene rings is 1. The molecule has 0 aromatic heterocycles. The summed E-state index contributed by atoms with van der Waals surface area (Å²) in [4.78, 5) is 22.8. The zero-order valence-electron chi connectivity index (χ0n) is 11.3. The quantitative estimate of drug-likeness (QED) is 0.834. The highest BCUT2D eigenvalue weighted by Crippen LogP contribution is 2.54. The summed E-state index contributed by atoms with van der Waals surface area (Å²) in [5.74, 6) is 0.966. The molecule has 2 atom stereocenters. The van der Waals surface area contributed by atoms with Crippen molar-refractivity contribution in [2.45, 2.75) is 25.7 Å². The smallest absolute Gasteiger partial charge is 0.335 e. The number of carboxylic acid groups (broad SMARTS) is 1. The number of hydrogen-bond donors (Lipinski definition) is 2. The van der Waals surface area contributed by atoms with Crippen LogP contribution < -0.4 is 5.32 Å². The number of rotatable bonds is 6. The van der Waals surface area contributed by atoms with Crippen LogP contribution in [0.15, 0.2) is 24.3 Å². The fourth-order valence-corrected chi connectivity index (χ4v) is 2.88. The van der Waals surface area contributed by atoms with Gasteiger partial charge in [-0.05, 0) is 55.2 Å². The summed E-state index contributed by atoms with van der Waals surface area (Å²) in [6, 6.07) is 6.88. The highest BCUT2D eigenvalue weighted by molar-refractivity contribution is 5.87. The minimum Gasteiger partial charge on any atom is -0.478 e. The molecule has 3 rings (SSSR count). The van der Waals surface area contributed by atoms with Crippen LogP contribution in [0.5, 0.6) is 0 Å². The Kier molecular flexibility index (Phi) is 3.47. The standard InChI is InChI=1S/C16H19NO3/c18-15(14-9-13(14)11-4-5-11)17-7-6-10-2-1-3-12(8-10)16(19)20/h1-3,8,11,13-14H,4-7,9H2,(H,17,18)(H,19,20)/t13-,14-/m0/s1. The molecule has 2 fully saturated rings. The molecule has 2 N–H and O–H groups in total. The minimum atomic E-state index is -0.916. The van der Waals surface area contributed by atoms with Crippen LogP contribution in [-0.2, 0) is 11.2 Å². The largest absolute Gasteiger partial charge is 0.478 e. The maximum atomic E-state index is 11.9. The molecule has 0 radical (unpaired) electrons. The minimum absolute atomic E-state index is 0.177. The van der Waals surface area contributed by atoms with E-state index in [-0.39, 0.29) is 11.8 Å². The van der Waals surface area contributed by atoms with Crippen LogP contribution in [-0.4, -0.2) is 23.5 Å². The van der Waals surface area contributed by atoms with Crippen LogP contribution in [0, 0.1) is 17.8 Å². The first-order valence-corrected chi connectivity index (χ1v) is 7.25. The lowest BCUT2D eigenvalue weighted by Gasteiger charge is -2.06. The molecule has 106 valence electrons. The van der Waals surface area contributed by atoms with Gasteiger partial charge in [-0.25, -0.2) is 4.79 Å². The molecule has 0 aliphatic heterocycles. The van der Waals surface area contributed by atoms with Crippen molar-refractivity contribution in [3.63, 3.8) is 0 Å². The monoisotopic (exact) mass is 273 g/mol. The number of carboxylic acids is 1. The van der Waals surface area contributed by atoms with Crippen molar-refractivity contribution in [1.29, 1.82) is 0 Å². The van der Waals surface area contributed by atoms with Crippen molar-refractivity contribution in [3.05, 3.63) is 35.4 Å². The molecular weight excluding hydrogens is 254 g/mol. The number of nitrogens with one attached hydrogen (secondary N) is 1. The van der Waals surface area contributed by atoms with Gasteiger partial charge in [0, 0.05) is 12.5 Å². The molecule has 0 spiro atoms. The summed E-state index contributed by atoms with van der Waals surface area (Å²) in [7, 11) is 0. The Bertz CT molecular complexity index is 536. The maximum Gasteiger partial charge on any atom is 0.335 e. The Balaban J connectivity index is 1.44. The second-order valence-corrected chi connectivity index (χ2v) is 5.89. The number of amides is 1. The molecular formula is C16H19NO3. The Morgan fingerprint density at radius 2 is 2.10 bits per heavy atom. The van der Waals surface area contributed by atoms with Crippen molar-refractivity contribution >= 4 is 11.9 Å². The first kappa shape index (κ1) is 13.2. The van der Waals surface area contributed by atoms with Gasteiger partial charge in [-0.15, -0.1) is 0 Å². The van der Waals surface area contributed by atoms with E-state index in [4.69, 9.17) is 5.11 Å². The summed E-state index contributed by atoms with van der Waals surface area (Å²) in [6.45, 7) is 0.579. The van der Waals surface area contributed by atoms with Crippen LogP contribution in [0.3, 0.4) is 0 Å². The molecule has 1 aromatic carbocycles. The molecule has 1 aromatic rings. The van der Waals surface area contributed by atoms with Gasteiger partial charge < -0.3 is 10.4 Å². The molecule has 0 unspecified atom stereocenters. The van der Waals surface area contributed by atoms with Crippen molar-refractivity contribution < 1.29 is 14.7 Å². The summed E-state index contributed by atoms with van der Waals surface area (Å²) in [6.07, 6.45) is 4.34. The third kappa shape index (κ3) is 3.00. The van der Waals surface area contributed by atoms with E-state index >= 15 is 0 Å². The number of carbonyl (C=O) groups is 2. The van der Waals surface area contributed by atoms with Crippen molar-refractivity contribution in [2.24, 2.45) is 17.8 Å².